The van der Waals surface area contributed by atoms with Crippen molar-refractivity contribution in [3.63, 3.8) is 0 Å². The van der Waals surface area contributed by atoms with Crippen LogP contribution in [-0.2, 0) is 0 Å². The number of aliphatic hydroxyl groups excluding tert-OH is 2. The molecule has 4 N–H and O–H groups in total. The predicted octanol–water partition coefficient (Wildman–Crippen LogP) is -0.0383. The molecule has 0 fully saturated rings. The van der Waals surface area contributed by atoms with E-state index < -0.39 is 12.2 Å². The highest BCUT2D eigenvalue weighted by Gasteiger charge is 2.19. The molecule has 0 amide bonds. The fourth-order valence-corrected chi connectivity index (χ4v) is 1.63. The van der Waals surface area contributed by atoms with Crippen LogP contribution in [0.2, 0.25) is 0 Å². The summed E-state index contributed by atoms with van der Waals surface area (Å²) in [5, 5.41) is 22.6. The van der Waals surface area contributed by atoms with Gasteiger partial charge in [-0.1, -0.05) is 0 Å². The van der Waals surface area contributed by atoms with E-state index in [1.807, 2.05) is 0 Å². The number of nitrogens with zero attached hydrogens (tertiary/aromatic N) is 2. The summed E-state index contributed by atoms with van der Waals surface area (Å²) < 4.78 is 0. The van der Waals surface area contributed by atoms with Gasteiger partial charge in [0.05, 0.1) is 18.0 Å². The molecule has 0 saturated heterocycles. The lowest BCUT2D eigenvalue weighted by Crippen LogP contribution is -2.24. The molecule has 6 heteroatoms. The van der Waals surface area contributed by atoms with Crippen LogP contribution in [0.3, 0.4) is 0 Å². The Morgan fingerprint density at radius 1 is 1.47 bits per heavy atom. The summed E-state index contributed by atoms with van der Waals surface area (Å²) >= 11 is 0. The molecule has 6 nitrogen and oxygen atoms in total. The van der Waals surface area contributed by atoms with Gasteiger partial charge < -0.3 is 20.5 Å². The maximum Gasteiger partial charge on any atom is 0.156 e. The predicted molar refractivity (Wildman–Crippen MR) is 63.4 cm³/mol. The normalized spacial score (nSPS) is 15.0. The van der Waals surface area contributed by atoms with Crippen molar-refractivity contribution in [3.05, 3.63) is 24.2 Å². The molecule has 92 valence electrons. The van der Waals surface area contributed by atoms with Crippen LogP contribution in [0.4, 0.5) is 0 Å². The molecule has 0 saturated carbocycles. The molecule has 2 rings (SSSR count). The molecule has 2 aromatic rings. The topological polar surface area (TPSA) is 94.1 Å². The van der Waals surface area contributed by atoms with Crippen molar-refractivity contribution < 1.29 is 10.2 Å². The molecular weight excluding hydrogens is 220 g/mol. The van der Waals surface area contributed by atoms with Gasteiger partial charge in [0.15, 0.2) is 5.65 Å². The van der Waals surface area contributed by atoms with Gasteiger partial charge >= 0.3 is 0 Å². The number of hydrogen-bond donors (Lipinski definition) is 4. The first-order chi connectivity index (χ1) is 8.22. The van der Waals surface area contributed by atoms with Crippen molar-refractivity contribution in [1.82, 2.24) is 20.3 Å². The van der Waals surface area contributed by atoms with Crippen LogP contribution >= 0.6 is 0 Å². The van der Waals surface area contributed by atoms with Gasteiger partial charge in [-0.05, 0) is 26.1 Å². The zero-order valence-corrected chi connectivity index (χ0v) is 9.59. The van der Waals surface area contributed by atoms with Gasteiger partial charge in [-0.2, -0.15) is 0 Å². The van der Waals surface area contributed by atoms with E-state index in [1.54, 1.807) is 19.3 Å². The van der Waals surface area contributed by atoms with Gasteiger partial charge in [0.2, 0.25) is 0 Å². The van der Waals surface area contributed by atoms with Crippen LogP contribution < -0.4 is 5.32 Å². The maximum atomic E-state index is 9.92. The van der Waals surface area contributed by atoms with E-state index >= 15 is 0 Å². The third-order valence-corrected chi connectivity index (χ3v) is 2.64. The fraction of sp³-hybridized carbons (Fsp3) is 0.455. The lowest BCUT2D eigenvalue weighted by atomic mass is 10.1. The van der Waals surface area contributed by atoms with E-state index in [0.717, 1.165) is 0 Å². The highest BCUT2D eigenvalue weighted by molar-refractivity contribution is 5.69. The number of fused-ring (bicyclic) bond motifs is 1. The van der Waals surface area contributed by atoms with Gasteiger partial charge in [-0.25, -0.2) is 9.97 Å². The highest BCUT2D eigenvalue weighted by atomic mass is 16.3. The van der Waals surface area contributed by atoms with Crippen molar-refractivity contribution in [2.45, 2.75) is 18.6 Å². The average molecular weight is 236 g/mol. The van der Waals surface area contributed by atoms with Crippen LogP contribution in [0, 0.1) is 0 Å². The zero-order valence-electron chi connectivity index (χ0n) is 9.59. The molecule has 0 spiro atoms. The SMILES string of the molecule is CNCCC(O)C(O)c1cnc2[nH]ccc2n1. The fourth-order valence-electron chi connectivity index (χ4n) is 1.63. The number of hydrogen-bond acceptors (Lipinski definition) is 5. The smallest absolute Gasteiger partial charge is 0.156 e. The van der Waals surface area contributed by atoms with Crippen LogP contribution in [0.1, 0.15) is 18.2 Å². The first-order valence-electron chi connectivity index (χ1n) is 5.53. The Morgan fingerprint density at radius 3 is 3.06 bits per heavy atom. The molecule has 0 aliphatic heterocycles. The van der Waals surface area contributed by atoms with Gasteiger partial charge in [0, 0.05) is 6.20 Å². The van der Waals surface area contributed by atoms with Crippen LogP contribution in [-0.4, -0.2) is 44.9 Å². The van der Waals surface area contributed by atoms with Crippen molar-refractivity contribution >= 4 is 11.2 Å². The van der Waals surface area contributed by atoms with Crippen molar-refractivity contribution in [2.75, 3.05) is 13.6 Å². The molecule has 0 bridgehead atoms. The van der Waals surface area contributed by atoms with Gasteiger partial charge in [0.25, 0.3) is 0 Å². The summed E-state index contributed by atoms with van der Waals surface area (Å²) in [6, 6.07) is 1.78. The summed E-state index contributed by atoms with van der Waals surface area (Å²) in [7, 11) is 1.80. The Balaban J connectivity index is 2.14. The van der Waals surface area contributed by atoms with Gasteiger partial charge in [0.1, 0.15) is 11.6 Å². The summed E-state index contributed by atoms with van der Waals surface area (Å²) in [6.07, 6.45) is 1.83. The molecule has 0 aliphatic rings. The largest absolute Gasteiger partial charge is 0.390 e. The van der Waals surface area contributed by atoms with Crippen molar-refractivity contribution in [3.8, 4) is 0 Å². The van der Waals surface area contributed by atoms with Crippen molar-refractivity contribution in [1.29, 1.82) is 0 Å². The number of aromatic amines is 1. The standard InChI is InChI=1S/C11H16N4O2/c1-12-4-3-9(16)10(17)8-6-14-11-7(15-8)2-5-13-11/h2,5-6,9-10,12,16-17H,3-4H2,1H3,(H,13,14). The first-order valence-corrected chi connectivity index (χ1v) is 5.53. The van der Waals surface area contributed by atoms with Crippen LogP contribution in [0.15, 0.2) is 18.5 Å². The molecule has 0 radical (unpaired) electrons. The summed E-state index contributed by atoms with van der Waals surface area (Å²) in [5.41, 5.74) is 1.74. The molecule has 2 atom stereocenters. The highest BCUT2D eigenvalue weighted by Crippen LogP contribution is 2.18. The first kappa shape index (κ1) is 12.0. The maximum absolute atomic E-state index is 9.92. The van der Waals surface area contributed by atoms with E-state index in [1.165, 1.54) is 6.20 Å². The molecule has 2 unspecified atom stereocenters. The molecule has 0 aromatic carbocycles. The Labute approximate surface area is 98.7 Å². The summed E-state index contributed by atoms with van der Waals surface area (Å²) in [6.45, 7) is 0.637. The van der Waals surface area contributed by atoms with E-state index in [4.69, 9.17) is 0 Å². The second-order valence-corrected chi connectivity index (χ2v) is 3.91. The molecular formula is C11H16N4O2. The van der Waals surface area contributed by atoms with E-state index in [2.05, 4.69) is 20.3 Å². The number of nitrogens with one attached hydrogen (secondary N) is 2. The minimum Gasteiger partial charge on any atom is -0.390 e. The van der Waals surface area contributed by atoms with E-state index in [0.29, 0.717) is 29.8 Å². The number of aliphatic hydroxyl groups is 2. The molecule has 0 aliphatic carbocycles. The molecule has 2 heterocycles. The molecule has 2 aromatic heterocycles. The monoisotopic (exact) mass is 236 g/mol. The lowest BCUT2D eigenvalue weighted by molar-refractivity contribution is 0.0115. The van der Waals surface area contributed by atoms with Gasteiger partial charge in [-0.3, -0.25) is 0 Å². The Morgan fingerprint density at radius 2 is 2.29 bits per heavy atom. The van der Waals surface area contributed by atoms with Crippen molar-refractivity contribution in [2.24, 2.45) is 0 Å². The number of aromatic nitrogens is 3. The lowest BCUT2D eigenvalue weighted by Gasteiger charge is -2.16. The Bertz CT molecular complexity index is 485. The summed E-state index contributed by atoms with van der Waals surface area (Å²) in [4.78, 5) is 11.3. The molecule has 17 heavy (non-hydrogen) atoms. The third kappa shape index (κ3) is 2.60. The second kappa shape index (κ2) is 5.22. The quantitative estimate of drug-likeness (QED) is 0.584. The van der Waals surface area contributed by atoms with E-state index in [9.17, 15) is 10.2 Å². The summed E-state index contributed by atoms with van der Waals surface area (Å²) in [5.74, 6) is 0. The Kier molecular flexibility index (Phi) is 3.68. The number of rotatable bonds is 5. The Hall–Kier alpha value is -1.50. The van der Waals surface area contributed by atoms with Crippen LogP contribution in [0.5, 0.6) is 0 Å². The minimum atomic E-state index is -1.00. The minimum absolute atomic E-state index is 0.390. The second-order valence-electron chi connectivity index (χ2n) is 3.91. The van der Waals surface area contributed by atoms with E-state index in [-0.39, 0.29) is 0 Å². The zero-order chi connectivity index (χ0) is 12.3. The third-order valence-electron chi connectivity index (χ3n) is 2.64. The number of H-pyrrole nitrogens is 1. The van der Waals surface area contributed by atoms with Gasteiger partial charge in [-0.15, -0.1) is 0 Å². The van der Waals surface area contributed by atoms with Crippen LogP contribution in [0.25, 0.3) is 11.2 Å². The average Bonchev–Trinajstić information content (AvgIpc) is 2.81.